The Balaban J connectivity index is 0.00000280. The van der Waals surface area contributed by atoms with Crippen LogP contribution in [0.3, 0.4) is 0 Å². The molecule has 0 radical (unpaired) electrons. The molecule has 2 atom stereocenters. The van der Waals surface area contributed by atoms with Gasteiger partial charge in [0.05, 0.1) is 32.9 Å². The Morgan fingerprint density at radius 3 is 2.29 bits per heavy atom. The number of methoxy groups -OCH3 is 3. The van der Waals surface area contributed by atoms with Crippen molar-refractivity contribution in [3.63, 3.8) is 0 Å². The summed E-state index contributed by atoms with van der Waals surface area (Å²) in [6, 6.07) is 3.43. The number of rotatable bonds is 8. The molecule has 156 valence electrons. The van der Waals surface area contributed by atoms with Crippen LogP contribution in [0.15, 0.2) is 12.1 Å². The molecule has 2 unspecified atom stereocenters. The van der Waals surface area contributed by atoms with Crippen LogP contribution in [0.4, 0.5) is 5.69 Å². The molecule has 1 aliphatic carbocycles. The monoisotopic (exact) mass is 413 g/mol. The number of carbonyl (C=O) groups is 2. The number of halogens is 1. The number of anilines is 1. The van der Waals surface area contributed by atoms with E-state index in [1.807, 2.05) is 0 Å². The lowest BCUT2D eigenvalue weighted by molar-refractivity contribution is -0.127. The Morgan fingerprint density at radius 2 is 1.82 bits per heavy atom. The fraction of sp³-hybridized carbons (Fsp3) is 0.579. The number of amides is 2. The number of carbonyl (C=O) groups excluding carboxylic acids is 2. The van der Waals surface area contributed by atoms with Gasteiger partial charge in [-0.2, -0.15) is 0 Å². The Bertz CT molecular complexity index is 701. The molecule has 9 heteroatoms. The molecule has 2 amide bonds. The number of hydrogen-bond donors (Lipinski definition) is 2. The average molecular weight is 414 g/mol. The van der Waals surface area contributed by atoms with E-state index < -0.39 is 5.92 Å². The van der Waals surface area contributed by atoms with Crippen molar-refractivity contribution in [1.82, 2.24) is 5.32 Å². The van der Waals surface area contributed by atoms with Crippen LogP contribution in [-0.4, -0.2) is 52.3 Å². The van der Waals surface area contributed by atoms with Crippen molar-refractivity contribution in [3.05, 3.63) is 12.1 Å². The van der Waals surface area contributed by atoms with Gasteiger partial charge in [-0.15, -0.1) is 12.4 Å². The van der Waals surface area contributed by atoms with Crippen molar-refractivity contribution in [2.24, 2.45) is 17.6 Å². The molecular formula is C19H28ClN3O5. The minimum atomic E-state index is -0.399. The number of nitrogens with one attached hydrogen (secondary N) is 1. The second kappa shape index (κ2) is 9.34. The molecule has 1 aliphatic heterocycles. The maximum atomic E-state index is 12.6. The first kappa shape index (κ1) is 22.1. The number of benzene rings is 1. The molecule has 2 aliphatic rings. The third kappa shape index (κ3) is 4.44. The van der Waals surface area contributed by atoms with E-state index in [1.54, 1.807) is 17.0 Å². The van der Waals surface area contributed by atoms with Gasteiger partial charge in [-0.05, 0) is 18.8 Å². The first-order chi connectivity index (χ1) is 13.0. The molecule has 0 bridgehead atoms. The van der Waals surface area contributed by atoms with Crippen molar-refractivity contribution >= 4 is 29.9 Å². The van der Waals surface area contributed by atoms with Crippen molar-refractivity contribution in [2.75, 3.05) is 39.3 Å². The van der Waals surface area contributed by atoms with Gasteiger partial charge < -0.3 is 30.2 Å². The molecule has 1 heterocycles. The molecule has 1 aromatic rings. The molecule has 0 spiro atoms. The standard InChI is InChI=1S/C19H27N3O5.ClH/c1-25-15-7-13(8-16(26-2)18(15)27-3)22-10-12(6-17(22)23)19(24)21-14(9-20)11-4-5-11;/h7-8,11-12,14H,4-6,9-10,20H2,1-3H3,(H,21,24);1H. The first-order valence-corrected chi connectivity index (χ1v) is 9.13. The lowest BCUT2D eigenvalue weighted by atomic mass is 10.1. The summed E-state index contributed by atoms with van der Waals surface area (Å²) in [7, 11) is 4.57. The molecule has 3 N–H and O–H groups in total. The Morgan fingerprint density at radius 1 is 1.21 bits per heavy atom. The van der Waals surface area contributed by atoms with Crippen molar-refractivity contribution in [1.29, 1.82) is 0 Å². The van der Waals surface area contributed by atoms with Crippen LogP contribution in [-0.2, 0) is 9.59 Å². The Hall–Kier alpha value is -2.19. The normalized spacial score (nSPS) is 19.6. The van der Waals surface area contributed by atoms with E-state index in [4.69, 9.17) is 19.9 Å². The highest BCUT2D eigenvalue weighted by Gasteiger charge is 2.38. The maximum Gasteiger partial charge on any atom is 0.227 e. The van der Waals surface area contributed by atoms with Gasteiger partial charge in [0, 0.05) is 37.7 Å². The summed E-state index contributed by atoms with van der Waals surface area (Å²) in [6.07, 6.45) is 2.37. The SMILES string of the molecule is COc1cc(N2CC(C(=O)NC(CN)C3CC3)CC2=O)cc(OC)c1OC.Cl. The van der Waals surface area contributed by atoms with E-state index in [9.17, 15) is 9.59 Å². The largest absolute Gasteiger partial charge is 0.493 e. The van der Waals surface area contributed by atoms with Gasteiger partial charge in [0.15, 0.2) is 11.5 Å². The summed E-state index contributed by atoms with van der Waals surface area (Å²) in [5, 5.41) is 3.01. The Kier molecular flexibility index (Phi) is 7.37. The third-order valence-electron chi connectivity index (χ3n) is 5.23. The summed E-state index contributed by atoms with van der Waals surface area (Å²) >= 11 is 0. The highest BCUT2D eigenvalue weighted by atomic mass is 35.5. The van der Waals surface area contributed by atoms with Gasteiger partial charge in [0.25, 0.3) is 0 Å². The first-order valence-electron chi connectivity index (χ1n) is 9.13. The van der Waals surface area contributed by atoms with Crippen LogP contribution in [0.1, 0.15) is 19.3 Å². The quantitative estimate of drug-likeness (QED) is 0.666. The van der Waals surface area contributed by atoms with Gasteiger partial charge in [-0.25, -0.2) is 0 Å². The number of nitrogens with zero attached hydrogens (tertiary/aromatic N) is 1. The molecule has 0 aromatic heterocycles. The molecular weight excluding hydrogens is 386 g/mol. The van der Waals surface area contributed by atoms with Crippen LogP contribution in [0, 0.1) is 11.8 Å². The van der Waals surface area contributed by atoms with Crippen LogP contribution < -0.4 is 30.2 Å². The summed E-state index contributed by atoms with van der Waals surface area (Å²) in [6.45, 7) is 0.735. The van der Waals surface area contributed by atoms with Crippen LogP contribution >= 0.6 is 12.4 Å². The summed E-state index contributed by atoms with van der Waals surface area (Å²) in [4.78, 5) is 26.7. The topological polar surface area (TPSA) is 103 Å². The smallest absolute Gasteiger partial charge is 0.227 e. The highest BCUT2D eigenvalue weighted by molar-refractivity contribution is 6.00. The van der Waals surface area contributed by atoms with Gasteiger partial charge >= 0.3 is 0 Å². The Labute approximate surface area is 171 Å². The van der Waals surface area contributed by atoms with Crippen LogP contribution in [0.25, 0.3) is 0 Å². The van der Waals surface area contributed by atoms with E-state index in [1.165, 1.54) is 21.3 Å². The van der Waals surface area contributed by atoms with E-state index in [0.717, 1.165) is 12.8 Å². The summed E-state index contributed by atoms with van der Waals surface area (Å²) in [5.74, 6) is 1.24. The third-order valence-corrected chi connectivity index (χ3v) is 5.23. The van der Waals surface area contributed by atoms with Gasteiger partial charge in [-0.3, -0.25) is 9.59 Å². The molecule has 1 saturated carbocycles. The highest BCUT2D eigenvalue weighted by Crippen LogP contribution is 2.42. The second-order valence-electron chi connectivity index (χ2n) is 6.98. The van der Waals surface area contributed by atoms with Crippen LogP contribution in [0.5, 0.6) is 17.2 Å². The second-order valence-corrected chi connectivity index (χ2v) is 6.98. The average Bonchev–Trinajstić information content (AvgIpc) is 3.45. The minimum Gasteiger partial charge on any atom is -0.493 e. The van der Waals surface area contributed by atoms with E-state index >= 15 is 0 Å². The van der Waals surface area contributed by atoms with Crippen molar-refractivity contribution in [3.8, 4) is 17.2 Å². The fourth-order valence-corrected chi connectivity index (χ4v) is 3.52. The number of hydrogen-bond acceptors (Lipinski definition) is 6. The molecule has 3 rings (SSSR count). The predicted molar refractivity (Wildman–Crippen MR) is 108 cm³/mol. The van der Waals surface area contributed by atoms with Gasteiger partial charge in [-0.1, -0.05) is 0 Å². The van der Waals surface area contributed by atoms with Gasteiger partial charge in [0.1, 0.15) is 0 Å². The fourth-order valence-electron chi connectivity index (χ4n) is 3.52. The lowest BCUT2D eigenvalue weighted by Gasteiger charge is -2.21. The van der Waals surface area contributed by atoms with Crippen LogP contribution in [0.2, 0.25) is 0 Å². The van der Waals surface area contributed by atoms with E-state index in [2.05, 4.69) is 5.32 Å². The molecule has 28 heavy (non-hydrogen) atoms. The summed E-state index contributed by atoms with van der Waals surface area (Å²) < 4.78 is 16.0. The van der Waals surface area contributed by atoms with Crippen molar-refractivity contribution < 1.29 is 23.8 Å². The van der Waals surface area contributed by atoms with E-state index in [-0.39, 0.29) is 36.7 Å². The van der Waals surface area contributed by atoms with Gasteiger partial charge in [0.2, 0.25) is 17.6 Å². The van der Waals surface area contributed by atoms with E-state index in [0.29, 0.717) is 41.9 Å². The lowest BCUT2D eigenvalue weighted by Crippen LogP contribution is -2.45. The zero-order valence-corrected chi connectivity index (χ0v) is 17.2. The zero-order chi connectivity index (χ0) is 19.6. The molecule has 1 aromatic carbocycles. The maximum absolute atomic E-state index is 12.6. The predicted octanol–water partition coefficient (Wildman–Crippen LogP) is 1.34. The molecule has 8 nitrogen and oxygen atoms in total. The minimum absolute atomic E-state index is 0. The molecule has 1 saturated heterocycles. The summed E-state index contributed by atoms with van der Waals surface area (Å²) in [5.41, 5.74) is 6.38. The zero-order valence-electron chi connectivity index (χ0n) is 16.4. The molecule has 2 fully saturated rings. The van der Waals surface area contributed by atoms with Crippen molar-refractivity contribution in [2.45, 2.75) is 25.3 Å². The number of ether oxygens (including phenoxy) is 3. The number of nitrogens with two attached hydrogens (primary N) is 1.